The Morgan fingerprint density at radius 3 is 1.41 bits per heavy atom. The second-order valence-electron chi connectivity index (χ2n) is 7.65. The van der Waals surface area contributed by atoms with Crippen LogP contribution in [0.3, 0.4) is 0 Å². The molecular weight excluding hydrogens is 326 g/mol. The maximum atomic E-state index is 2.44. The van der Waals surface area contributed by atoms with Gasteiger partial charge in [0.15, 0.2) is 0 Å². The Morgan fingerprint density at radius 1 is 0.519 bits per heavy atom. The molecule has 3 aromatic rings. The van der Waals surface area contributed by atoms with Crippen LogP contribution in [-0.4, -0.2) is 25.0 Å². The number of hydrogen-bond acceptors (Lipinski definition) is 1. The van der Waals surface area contributed by atoms with E-state index in [1.165, 1.54) is 16.7 Å². The van der Waals surface area contributed by atoms with Crippen molar-refractivity contribution >= 4 is 0 Å². The van der Waals surface area contributed by atoms with E-state index in [0.29, 0.717) is 23.8 Å². The lowest BCUT2D eigenvalue weighted by Crippen LogP contribution is -2.42. The smallest absolute Gasteiger partial charge is 0.0270 e. The Balaban J connectivity index is 1.85. The number of nitrogens with zero attached hydrogens (tertiary/aromatic N) is 1. The van der Waals surface area contributed by atoms with Gasteiger partial charge in [0.05, 0.1) is 0 Å². The van der Waals surface area contributed by atoms with Crippen molar-refractivity contribution < 1.29 is 0 Å². The van der Waals surface area contributed by atoms with Crippen LogP contribution in [0.2, 0.25) is 0 Å². The summed E-state index contributed by atoms with van der Waals surface area (Å²) in [4.78, 5) is 2.41. The molecule has 1 aliphatic carbocycles. The fraction of sp³-hybridized carbons (Fsp3) is 0.231. The predicted molar refractivity (Wildman–Crippen MR) is 114 cm³/mol. The van der Waals surface area contributed by atoms with Crippen LogP contribution >= 0.6 is 0 Å². The minimum absolute atomic E-state index is 0.376. The Hall–Kier alpha value is -2.64. The van der Waals surface area contributed by atoms with Crippen molar-refractivity contribution in [1.29, 1.82) is 0 Å². The van der Waals surface area contributed by atoms with Crippen molar-refractivity contribution in [1.82, 2.24) is 4.90 Å². The molecule has 0 bridgehead atoms. The van der Waals surface area contributed by atoms with Crippen LogP contribution in [-0.2, 0) is 0 Å². The summed E-state index contributed by atoms with van der Waals surface area (Å²) in [6.45, 7) is 0. The average molecular weight is 354 g/mol. The standard InChI is InChI=1S/C26H27N/c1-27(2)26-24(21-14-8-4-9-15-21)19-18-23(20-12-6-3-7-13-20)25(26)22-16-10-5-11-17-22/h3-19,23-26H,1-2H3/t23-,24+,25+,26+/m0/s1. The zero-order valence-electron chi connectivity index (χ0n) is 16.1. The first-order valence-corrected chi connectivity index (χ1v) is 9.75. The van der Waals surface area contributed by atoms with E-state index in [4.69, 9.17) is 0 Å². The minimum atomic E-state index is 0.376. The SMILES string of the molecule is CN(C)[C@H]1[C@H](c2ccccc2)[C@H](c2ccccc2)C=C[C@@H]1c1ccccc1. The van der Waals surface area contributed by atoms with E-state index in [2.05, 4.69) is 122 Å². The van der Waals surface area contributed by atoms with Gasteiger partial charge in [0, 0.05) is 23.8 Å². The Bertz CT molecular complexity index is 868. The summed E-state index contributed by atoms with van der Waals surface area (Å²) in [6.07, 6.45) is 4.86. The van der Waals surface area contributed by atoms with Gasteiger partial charge in [-0.1, -0.05) is 103 Å². The second-order valence-corrected chi connectivity index (χ2v) is 7.65. The number of benzene rings is 3. The van der Waals surface area contributed by atoms with Crippen molar-refractivity contribution in [3.63, 3.8) is 0 Å². The third-order valence-electron chi connectivity index (χ3n) is 5.80. The molecule has 0 radical (unpaired) electrons. The molecule has 3 aromatic carbocycles. The summed E-state index contributed by atoms with van der Waals surface area (Å²) < 4.78 is 0. The highest BCUT2D eigenvalue weighted by Crippen LogP contribution is 2.47. The van der Waals surface area contributed by atoms with Crippen LogP contribution in [0.1, 0.15) is 34.4 Å². The molecule has 1 aliphatic rings. The largest absolute Gasteiger partial charge is 0.305 e. The van der Waals surface area contributed by atoms with Crippen molar-refractivity contribution in [3.05, 3.63) is 120 Å². The molecule has 136 valence electrons. The summed E-state index contributed by atoms with van der Waals surface area (Å²) in [6, 6.07) is 33.3. The molecule has 27 heavy (non-hydrogen) atoms. The maximum Gasteiger partial charge on any atom is 0.0270 e. The molecule has 0 aliphatic heterocycles. The minimum Gasteiger partial charge on any atom is -0.305 e. The van der Waals surface area contributed by atoms with Crippen molar-refractivity contribution in [2.75, 3.05) is 14.1 Å². The predicted octanol–water partition coefficient (Wildman–Crippen LogP) is 5.84. The molecule has 1 heteroatoms. The summed E-state index contributed by atoms with van der Waals surface area (Å²) in [5.74, 6) is 1.16. The molecule has 1 nitrogen and oxygen atoms in total. The highest BCUT2D eigenvalue weighted by molar-refractivity contribution is 5.40. The van der Waals surface area contributed by atoms with Crippen LogP contribution in [0.15, 0.2) is 103 Å². The van der Waals surface area contributed by atoms with Crippen LogP contribution in [0.5, 0.6) is 0 Å². The summed E-state index contributed by atoms with van der Waals surface area (Å²) >= 11 is 0. The van der Waals surface area contributed by atoms with Gasteiger partial charge in [-0.25, -0.2) is 0 Å². The van der Waals surface area contributed by atoms with Crippen LogP contribution < -0.4 is 0 Å². The fourth-order valence-electron chi connectivity index (χ4n) is 4.61. The van der Waals surface area contributed by atoms with E-state index in [0.717, 1.165) is 0 Å². The first-order chi connectivity index (χ1) is 13.3. The van der Waals surface area contributed by atoms with Gasteiger partial charge in [-0.15, -0.1) is 0 Å². The van der Waals surface area contributed by atoms with Gasteiger partial charge < -0.3 is 4.90 Å². The van der Waals surface area contributed by atoms with Crippen LogP contribution in [0, 0.1) is 0 Å². The highest BCUT2D eigenvalue weighted by atomic mass is 15.1. The van der Waals surface area contributed by atoms with Crippen molar-refractivity contribution in [3.8, 4) is 0 Å². The normalized spacial score (nSPS) is 24.9. The van der Waals surface area contributed by atoms with Crippen LogP contribution in [0.4, 0.5) is 0 Å². The molecule has 0 spiro atoms. The van der Waals surface area contributed by atoms with E-state index in [1.807, 2.05) is 0 Å². The highest BCUT2D eigenvalue weighted by Gasteiger charge is 2.39. The molecule has 0 saturated carbocycles. The van der Waals surface area contributed by atoms with Gasteiger partial charge in [-0.05, 0) is 30.8 Å². The van der Waals surface area contributed by atoms with E-state index in [9.17, 15) is 0 Å². The molecule has 0 aromatic heterocycles. The van der Waals surface area contributed by atoms with Crippen molar-refractivity contribution in [2.24, 2.45) is 0 Å². The molecule has 0 amide bonds. The molecule has 0 fully saturated rings. The molecule has 4 rings (SSSR count). The van der Waals surface area contributed by atoms with Crippen molar-refractivity contribution in [2.45, 2.75) is 23.8 Å². The summed E-state index contributed by atoms with van der Waals surface area (Å²) in [7, 11) is 4.44. The molecule has 0 saturated heterocycles. The Morgan fingerprint density at radius 2 is 0.926 bits per heavy atom. The van der Waals surface area contributed by atoms with Gasteiger partial charge in [0.2, 0.25) is 0 Å². The van der Waals surface area contributed by atoms with E-state index in [-0.39, 0.29) is 0 Å². The molecule has 4 atom stereocenters. The average Bonchev–Trinajstić information content (AvgIpc) is 2.74. The molecule has 0 N–H and O–H groups in total. The van der Waals surface area contributed by atoms with Gasteiger partial charge in [0.1, 0.15) is 0 Å². The number of likely N-dealkylation sites (N-methyl/N-ethyl adjacent to an activating group) is 1. The summed E-state index contributed by atoms with van der Waals surface area (Å²) in [5.41, 5.74) is 4.19. The topological polar surface area (TPSA) is 3.24 Å². The number of allylic oxidation sites excluding steroid dienone is 1. The zero-order valence-corrected chi connectivity index (χ0v) is 16.1. The van der Waals surface area contributed by atoms with E-state index in [1.54, 1.807) is 0 Å². The Kier molecular flexibility index (Phi) is 5.22. The Labute approximate surface area is 163 Å². The first-order valence-electron chi connectivity index (χ1n) is 9.75. The lowest BCUT2D eigenvalue weighted by molar-refractivity contribution is 0.215. The number of hydrogen-bond donors (Lipinski definition) is 0. The van der Waals surface area contributed by atoms with Gasteiger partial charge in [0.25, 0.3) is 0 Å². The van der Waals surface area contributed by atoms with Gasteiger partial charge in [-0.3, -0.25) is 0 Å². The third-order valence-corrected chi connectivity index (χ3v) is 5.80. The van der Waals surface area contributed by atoms with E-state index < -0.39 is 0 Å². The molecule has 0 unspecified atom stereocenters. The van der Waals surface area contributed by atoms with Gasteiger partial charge >= 0.3 is 0 Å². The second kappa shape index (κ2) is 7.94. The van der Waals surface area contributed by atoms with Gasteiger partial charge in [-0.2, -0.15) is 0 Å². The molecule has 0 heterocycles. The van der Waals surface area contributed by atoms with Crippen LogP contribution in [0.25, 0.3) is 0 Å². The lowest BCUT2D eigenvalue weighted by Gasteiger charge is -2.44. The maximum absolute atomic E-state index is 2.44. The fourth-order valence-corrected chi connectivity index (χ4v) is 4.61. The number of rotatable bonds is 4. The zero-order chi connectivity index (χ0) is 18.6. The molecular formula is C26H27N. The first kappa shape index (κ1) is 17.8. The third kappa shape index (κ3) is 3.61. The quantitative estimate of drug-likeness (QED) is 0.533. The summed E-state index contributed by atoms with van der Waals surface area (Å²) in [5, 5.41) is 0. The monoisotopic (exact) mass is 353 g/mol. The lowest BCUT2D eigenvalue weighted by atomic mass is 9.67. The van der Waals surface area contributed by atoms with E-state index >= 15 is 0 Å².